The van der Waals surface area contributed by atoms with Crippen molar-refractivity contribution in [3.8, 4) is 0 Å². The topological polar surface area (TPSA) is 60.4 Å². The molecule has 0 fully saturated rings. The standard InChI is InChI=1S/C15H18F4O4S/c1-14(16,15(17,18)19)8-10-24(21,22)9-7-13(20)23-11-12-5-3-2-4-6-12/h2-6H,7-11H2,1H3. The van der Waals surface area contributed by atoms with Gasteiger partial charge in [-0.25, -0.2) is 12.8 Å². The Hall–Kier alpha value is -1.64. The SMILES string of the molecule is CC(F)(CCS(=O)(=O)CCC(=O)OCc1ccccc1)C(F)(F)F. The maximum absolute atomic E-state index is 13.4. The van der Waals surface area contributed by atoms with Crippen LogP contribution in [0.25, 0.3) is 0 Å². The molecule has 0 aromatic heterocycles. The van der Waals surface area contributed by atoms with Gasteiger partial charge in [-0.3, -0.25) is 4.79 Å². The molecular formula is C15H18F4O4S. The summed E-state index contributed by atoms with van der Waals surface area (Å²) in [4.78, 5) is 11.5. The average molecular weight is 370 g/mol. The summed E-state index contributed by atoms with van der Waals surface area (Å²) in [6.45, 7) is 0.257. The lowest BCUT2D eigenvalue weighted by molar-refractivity contribution is -0.224. The van der Waals surface area contributed by atoms with Crippen molar-refractivity contribution in [2.24, 2.45) is 0 Å². The zero-order chi connectivity index (χ0) is 18.4. The molecule has 0 bridgehead atoms. The first-order chi connectivity index (χ1) is 10.9. The largest absolute Gasteiger partial charge is 0.461 e. The van der Waals surface area contributed by atoms with E-state index in [-0.39, 0.29) is 13.5 Å². The van der Waals surface area contributed by atoms with Gasteiger partial charge in [0.2, 0.25) is 5.67 Å². The monoisotopic (exact) mass is 370 g/mol. The first kappa shape index (κ1) is 20.4. The van der Waals surface area contributed by atoms with Crippen LogP contribution in [0, 0.1) is 0 Å². The van der Waals surface area contributed by atoms with Gasteiger partial charge in [0.1, 0.15) is 6.61 Å². The summed E-state index contributed by atoms with van der Waals surface area (Å²) in [5.41, 5.74) is -2.87. The molecule has 1 aromatic carbocycles. The fourth-order valence-corrected chi connectivity index (χ4v) is 3.02. The molecule has 0 amide bonds. The van der Waals surface area contributed by atoms with Crippen LogP contribution in [-0.4, -0.2) is 37.7 Å². The van der Waals surface area contributed by atoms with Gasteiger partial charge in [-0.2, -0.15) is 13.2 Å². The summed E-state index contributed by atoms with van der Waals surface area (Å²) in [5, 5.41) is 0. The number of ether oxygens (including phenoxy) is 1. The molecule has 0 saturated carbocycles. The van der Waals surface area contributed by atoms with Crippen molar-refractivity contribution in [1.29, 1.82) is 0 Å². The lowest BCUT2D eigenvalue weighted by atomic mass is 10.1. The van der Waals surface area contributed by atoms with Crippen molar-refractivity contribution in [2.75, 3.05) is 11.5 Å². The van der Waals surface area contributed by atoms with E-state index in [2.05, 4.69) is 0 Å². The first-order valence-corrected chi connectivity index (χ1v) is 8.91. The van der Waals surface area contributed by atoms with Crippen LogP contribution < -0.4 is 0 Å². The van der Waals surface area contributed by atoms with Gasteiger partial charge in [-0.1, -0.05) is 30.3 Å². The summed E-state index contributed by atoms with van der Waals surface area (Å²) in [6, 6.07) is 8.68. The fourth-order valence-electron chi connectivity index (χ4n) is 1.64. The highest BCUT2D eigenvalue weighted by atomic mass is 32.2. The fraction of sp³-hybridized carbons (Fsp3) is 0.533. The molecule has 1 rings (SSSR count). The number of rotatable bonds is 8. The Morgan fingerprint density at radius 1 is 1.08 bits per heavy atom. The van der Waals surface area contributed by atoms with Crippen molar-refractivity contribution in [3.63, 3.8) is 0 Å². The van der Waals surface area contributed by atoms with E-state index in [9.17, 15) is 30.8 Å². The summed E-state index contributed by atoms with van der Waals surface area (Å²) < 4.78 is 78.5. The number of carbonyl (C=O) groups is 1. The van der Waals surface area contributed by atoms with E-state index in [1.54, 1.807) is 30.3 Å². The number of hydrogen-bond donors (Lipinski definition) is 0. The Morgan fingerprint density at radius 2 is 1.67 bits per heavy atom. The number of sulfone groups is 1. The van der Waals surface area contributed by atoms with E-state index in [1.165, 1.54) is 0 Å². The zero-order valence-electron chi connectivity index (χ0n) is 13.0. The highest BCUT2D eigenvalue weighted by molar-refractivity contribution is 7.91. The van der Waals surface area contributed by atoms with Gasteiger partial charge >= 0.3 is 12.1 Å². The normalized spacial score (nSPS) is 14.9. The van der Waals surface area contributed by atoms with Crippen LogP contribution in [0.15, 0.2) is 30.3 Å². The predicted octanol–water partition coefficient (Wildman–Crippen LogP) is 3.22. The van der Waals surface area contributed by atoms with Crippen LogP contribution in [0.2, 0.25) is 0 Å². The Bertz CT molecular complexity index is 639. The molecule has 0 aliphatic heterocycles. The Labute approximate surface area is 137 Å². The van der Waals surface area contributed by atoms with Gasteiger partial charge in [0.25, 0.3) is 0 Å². The van der Waals surface area contributed by atoms with Gasteiger partial charge < -0.3 is 4.74 Å². The van der Waals surface area contributed by atoms with Gasteiger partial charge in [-0.15, -0.1) is 0 Å². The number of esters is 1. The minimum Gasteiger partial charge on any atom is -0.461 e. The molecule has 0 saturated heterocycles. The van der Waals surface area contributed by atoms with Crippen LogP contribution in [-0.2, 0) is 26.0 Å². The Kier molecular flexibility index (Phi) is 6.76. The number of hydrogen-bond acceptors (Lipinski definition) is 4. The molecule has 0 radical (unpaired) electrons. The Morgan fingerprint density at radius 3 is 2.21 bits per heavy atom. The molecule has 9 heteroatoms. The lowest BCUT2D eigenvalue weighted by Crippen LogP contribution is -2.39. The highest BCUT2D eigenvalue weighted by Gasteiger charge is 2.52. The van der Waals surface area contributed by atoms with Crippen molar-refractivity contribution in [3.05, 3.63) is 35.9 Å². The van der Waals surface area contributed by atoms with Crippen LogP contribution in [0.5, 0.6) is 0 Å². The maximum atomic E-state index is 13.4. The third-order valence-electron chi connectivity index (χ3n) is 3.33. The van der Waals surface area contributed by atoms with Crippen LogP contribution in [0.3, 0.4) is 0 Å². The molecule has 136 valence electrons. The molecule has 24 heavy (non-hydrogen) atoms. The van der Waals surface area contributed by atoms with E-state index in [1.807, 2.05) is 0 Å². The summed E-state index contributed by atoms with van der Waals surface area (Å²) in [7, 11) is -3.99. The van der Waals surface area contributed by atoms with Crippen molar-refractivity contribution in [1.82, 2.24) is 0 Å². The summed E-state index contributed by atoms with van der Waals surface area (Å²) in [6.07, 6.45) is -6.85. The van der Waals surface area contributed by atoms with Crippen LogP contribution in [0.4, 0.5) is 17.6 Å². The van der Waals surface area contributed by atoms with E-state index in [0.29, 0.717) is 5.56 Å². The Balaban J connectivity index is 2.41. The lowest BCUT2D eigenvalue weighted by Gasteiger charge is -2.23. The molecule has 0 aliphatic carbocycles. The number of carbonyl (C=O) groups excluding carboxylic acids is 1. The first-order valence-electron chi connectivity index (χ1n) is 7.08. The van der Waals surface area contributed by atoms with E-state index in [0.717, 1.165) is 0 Å². The third kappa shape index (κ3) is 6.86. The minimum atomic E-state index is -5.14. The van der Waals surface area contributed by atoms with Crippen molar-refractivity contribution < 1.29 is 35.5 Å². The molecule has 1 unspecified atom stereocenters. The quantitative estimate of drug-likeness (QED) is 0.521. The smallest absolute Gasteiger partial charge is 0.422 e. The number of benzene rings is 1. The predicted molar refractivity (Wildman–Crippen MR) is 79.7 cm³/mol. The van der Waals surface area contributed by atoms with Crippen molar-refractivity contribution >= 4 is 15.8 Å². The molecule has 1 aromatic rings. The van der Waals surface area contributed by atoms with E-state index in [4.69, 9.17) is 4.74 Å². The molecular weight excluding hydrogens is 352 g/mol. The average Bonchev–Trinajstić information content (AvgIpc) is 2.49. The number of halogens is 4. The van der Waals surface area contributed by atoms with Crippen LogP contribution in [0.1, 0.15) is 25.3 Å². The number of alkyl halides is 4. The maximum Gasteiger partial charge on any atom is 0.422 e. The second kappa shape index (κ2) is 7.96. The van der Waals surface area contributed by atoms with Gasteiger partial charge in [0, 0.05) is 6.42 Å². The second-order valence-corrected chi connectivity index (χ2v) is 7.80. The van der Waals surface area contributed by atoms with Gasteiger partial charge in [0.15, 0.2) is 9.84 Å². The second-order valence-electron chi connectivity index (χ2n) is 5.49. The van der Waals surface area contributed by atoms with Gasteiger partial charge in [-0.05, 0) is 12.5 Å². The molecule has 0 N–H and O–H groups in total. The molecule has 4 nitrogen and oxygen atoms in total. The zero-order valence-corrected chi connectivity index (χ0v) is 13.8. The molecule has 0 spiro atoms. The van der Waals surface area contributed by atoms with Gasteiger partial charge in [0.05, 0.1) is 17.9 Å². The highest BCUT2D eigenvalue weighted by Crippen LogP contribution is 2.36. The molecule has 0 aliphatic rings. The molecule has 0 heterocycles. The van der Waals surface area contributed by atoms with Crippen molar-refractivity contribution in [2.45, 2.75) is 38.2 Å². The van der Waals surface area contributed by atoms with Crippen LogP contribution >= 0.6 is 0 Å². The van der Waals surface area contributed by atoms with E-state index >= 15 is 0 Å². The third-order valence-corrected chi connectivity index (χ3v) is 4.99. The van der Waals surface area contributed by atoms with E-state index < -0.39 is 52.0 Å². The summed E-state index contributed by atoms with van der Waals surface area (Å²) >= 11 is 0. The minimum absolute atomic E-state index is 0.0314. The molecule has 1 atom stereocenters. The summed E-state index contributed by atoms with van der Waals surface area (Å²) in [5.74, 6) is -2.47.